The average molecular weight is 403 g/mol. The summed E-state index contributed by atoms with van der Waals surface area (Å²) in [5, 5.41) is 2.34. The van der Waals surface area contributed by atoms with E-state index in [-0.39, 0.29) is 9.90 Å². The van der Waals surface area contributed by atoms with E-state index in [1.807, 2.05) is 29.6 Å². The van der Waals surface area contributed by atoms with Crippen molar-refractivity contribution in [1.82, 2.24) is 0 Å². The lowest BCUT2D eigenvalue weighted by atomic mass is 9.82. The first-order valence-electron chi connectivity index (χ1n) is 10.5. The normalized spacial score (nSPS) is 22.5. The molecule has 0 aromatic heterocycles. The van der Waals surface area contributed by atoms with Crippen LogP contribution >= 0.6 is 23.5 Å². The van der Waals surface area contributed by atoms with E-state index >= 15 is 4.39 Å². The molecule has 27 heavy (non-hydrogen) atoms. The van der Waals surface area contributed by atoms with E-state index < -0.39 is 0 Å². The first-order valence-corrected chi connectivity index (χ1v) is 12.5. The molecule has 0 N–H and O–H groups in total. The third-order valence-electron chi connectivity index (χ3n) is 6.50. The second kappa shape index (κ2) is 7.99. The molecule has 0 nitrogen and oxygen atoms in total. The molecule has 2 aromatic carbocycles. The second-order valence-electron chi connectivity index (χ2n) is 8.60. The Hall–Kier alpha value is -0.670. The van der Waals surface area contributed by atoms with Gasteiger partial charge in [-0.3, -0.25) is 0 Å². The molecule has 1 saturated heterocycles. The van der Waals surface area contributed by atoms with E-state index in [2.05, 4.69) is 39.0 Å². The van der Waals surface area contributed by atoms with E-state index in [9.17, 15) is 0 Å². The first kappa shape index (κ1) is 19.6. The molecular formula is C24H31FS2. The molecule has 0 saturated carbocycles. The molecule has 4 rings (SSSR count). The Morgan fingerprint density at radius 2 is 1.89 bits per heavy atom. The van der Waals surface area contributed by atoms with E-state index in [4.69, 9.17) is 0 Å². The highest BCUT2D eigenvalue weighted by molar-refractivity contribution is 8.18. The fraction of sp³-hybridized carbons (Fsp3) is 0.583. The van der Waals surface area contributed by atoms with Gasteiger partial charge in [0.2, 0.25) is 0 Å². The van der Waals surface area contributed by atoms with Gasteiger partial charge in [0.15, 0.2) is 0 Å². The summed E-state index contributed by atoms with van der Waals surface area (Å²) in [6, 6.07) is 10.2. The van der Waals surface area contributed by atoms with Gasteiger partial charge >= 0.3 is 0 Å². The Labute approximate surface area is 172 Å². The van der Waals surface area contributed by atoms with Gasteiger partial charge in [-0.15, -0.1) is 23.5 Å². The number of hydrogen-bond donors (Lipinski definition) is 0. The van der Waals surface area contributed by atoms with Crippen LogP contribution in [0.4, 0.5) is 4.39 Å². The Morgan fingerprint density at radius 3 is 2.59 bits per heavy atom. The number of halogens is 1. The molecule has 1 aliphatic heterocycles. The summed E-state index contributed by atoms with van der Waals surface area (Å²) < 4.78 is 15.4. The van der Waals surface area contributed by atoms with Crippen molar-refractivity contribution in [3.63, 3.8) is 0 Å². The largest absolute Gasteiger partial charge is 0.207 e. The Balaban J connectivity index is 1.83. The van der Waals surface area contributed by atoms with Crippen molar-refractivity contribution in [3.05, 3.63) is 47.3 Å². The molecule has 0 amide bonds. The maximum Gasteiger partial charge on any atom is 0.129 e. The van der Waals surface area contributed by atoms with Crippen LogP contribution in [0.2, 0.25) is 0 Å². The van der Waals surface area contributed by atoms with Crippen molar-refractivity contribution in [2.24, 2.45) is 17.8 Å². The predicted octanol–water partition coefficient (Wildman–Crippen LogP) is 7.64. The summed E-state index contributed by atoms with van der Waals surface area (Å²) in [4.78, 5) is 0. The molecule has 0 radical (unpaired) electrons. The smallest absolute Gasteiger partial charge is 0.129 e. The van der Waals surface area contributed by atoms with Crippen molar-refractivity contribution >= 4 is 34.3 Å². The molecule has 1 spiro atoms. The summed E-state index contributed by atoms with van der Waals surface area (Å²) in [7, 11) is 0. The fourth-order valence-electron chi connectivity index (χ4n) is 5.13. The highest BCUT2D eigenvalue weighted by atomic mass is 32.2. The monoisotopic (exact) mass is 402 g/mol. The van der Waals surface area contributed by atoms with Crippen molar-refractivity contribution in [3.8, 4) is 0 Å². The summed E-state index contributed by atoms with van der Waals surface area (Å²) in [5.41, 5.74) is 2.35. The maximum absolute atomic E-state index is 15.5. The molecule has 1 fully saturated rings. The lowest BCUT2D eigenvalue weighted by Gasteiger charge is -2.42. The van der Waals surface area contributed by atoms with Crippen molar-refractivity contribution in [1.29, 1.82) is 0 Å². The Morgan fingerprint density at radius 1 is 1.15 bits per heavy atom. The molecule has 2 aromatic rings. The highest BCUT2D eigenvalue weighted by Gasteiger charge is 2.53. The van der Waals surface area contributed by atoms with Crippen molar-refractivity contribution in [2.45, 2.75) is 57.0 Å². The van der Waals surface area contributed by atoms with E-state index in [1.54, 1.807) is 6.07 Å². The van der Waals surface area contributed by atoms with Crippen molar-refractivity contribution < 1.29 is 4.39 Å². The minimum atomic E-state index is -0.0701. The third kappa shape index (κ3) is 3.44. The molecule has 1 aliphatic carbocycles. The molecule has 1 heterocycles. The highest BCUT2D eigenvalue weighted by Crippen LogP contribution is 2.64. The summed E-state index contributed by atoms with van der Waals surface area (Å²) in [5.74, 6) is 4.32. The van der Waals surface area contributed by atoms with Gasteiger partial charge in [-0.2, -0.15) is 0 Å². The van der Waals surface area contributed by atoms with Crippen LogP contribution < -0.4 is 0 Å². The molecule has 2 unspecified atom stereocenters. The van der Waals surface area contributed by atoms with Crippen LogP contribution in [0.15, 0.2) is 30.3 Å². The second-order valence-corrected chi connectivity index (χ2v) is 11.5. The minimum absolute atomic E-state index is 0.0341. The molecular weight excluding hydrogens is 371 g/mol. The van der Waals surface area contributed by atoms with Crippen molar-refractivity contribution in [2.75, 3.05) is 11.5 Å². The molecule has 2 aliphatic rings. The molecule has 146 valence electrons. The van der Waals surface area contributed by atoms with Gasteiger partial charge in [0, 0.05) is 5.56 Å². The van der Waals surface area contributed by atoms with Gasteiger partial charge in [0.05, 0.1) is 4.08 Å². The van der Waals surface area contributed by atoms with Gasteiger partial charge in [0.25, 0.3) is 0 Å². The van der Waals surface area contributed by atoms with Gasteiger partial charge in [-0.05, 0) is 70.9 Å². The third-order valence-corrected chi connectivity index (χ3v) is 10.1. The fourth-order valence-corrected chi connectivity index (χ4v) is 9.04. The van der Waals surface area contributed by atoms with Crippen LogP contribution in [0, 0.1) is 23.6 Å². The number of fused-ring (bicyclic) bond motifs is 4. The lowest BCUT2D eigenvalue weighted by Crippen LogP contribution is -2.34. The number of rotatable bonds is 5. The topological polar surface area (TPSA) is 0 Å². The first-order chi connectivity index (χ1) is 13.1. The maximum atomic E-state index is 15.5. The van der Waals surface area contributed by atoms with Gasteiger partial charge in [0.1, 0.15) is 5.82 Å². The molecule has 0 bridgehead atoms. The summed E-state index contributed by atoms with van der Waals surface area (Å²) in [6.45, 7) is 6.99. The molecule has 3 heteroatoms. The van der Waals surface area contributed by atoms with Crippen LogP contribution in [-0.4, -0.2) is 11.5 Å². The predicted molar refractivity (Wildman–Crippen MR) is 120 cm³/mol. The van der Waals surface area contributed by atoms with E-state index in [0.717, 1.165) is 34.8 Å². The molecule has 2 atom stereocenters. The van der Waals surface area contributed by atoms with Gasteiger partial charge in [-0.25, -0.2) is 4.39 Å². The summed E-state index contributed by atoms with van der Waals surface area (Å²) >= 11 is 4.10. The average Bonchev–Trinajstić information content (AvgIpc) is 2.98. The van der Waals surface area contributed by atoms with Crippen LogP contribution in [0.3, 0.4) is 0 Å². The van der Waals surface area contributed by atoms with Crippen LogP contribution in [0.25, 0.3) is 10.8 Å². The van der Waals surface area contributed by atoms with Crippen LogP contribution in [-0.2, 0) is 10.5 Å². The zero-order valence-electron chi connectivity index (χ0n) is 16.8. The number of thioether (sulfide) groups is 2. The zero-order chi connectivity index (χ0) is 19.0. The van der Waals surface area contributed by atoms with E-state index in [1.165, 1.54) is 36.6 Å². The Kier molecular flexibility index (Phi) is 5.81. The zero-order valence-corrected chi connectivity index (χ0v) is 18.4. The number of benzene rings is 2. The quantitative estimate of drug-likeness (QED) is 0.504. The van der Waals surface area contributed by atoms with Gasteiger partial charge < -0.3 is 0 Å². The summed E-state index contributed by atoms with van der Waals surface area (Å²) in [6.07, 6.45) is 6.05. The lowest BCUT2D eigenvalue weighted by molar-refractivity contribution is 0.277. The van der Waals surface area contributed by atoms with Crippen LogP contribution in [0.5, 0.6) is 0 Å². The minimum Gasteiger partial charge on any atom is -0.207 e. The standard InChI is InChI=1S/C24H31FS2/c1-4-17(11-10-16(2)3)21-15-20-19-9-6-5-8-18(19)14-22(25)23(20)24(21)26-12-7-13-27-24/h5-6,8-9,14,16-17,21H,4,7,10-13,15H2,1-3H3. The van der Waals surface area contributed by atoms with E-state index in [0.29, 0.717) is 11.8 Å². The number of hydrogen-bond acceptors (Lipinski definition) is 2. The van der Waals surface area contributed by atoms with Crippen LogP contribution in [0.1, 0.15) is 57.6 Å². The van der Waals surface area contributed by atoms with Gasteiger partial charge in [-0.1, -0.05) is 57.9 Å². The Bertz CT molecular complexity index is 807. The SMILES string of the molecule is CCC(CCC(C)C)C1Cc2c(c(F)cc3ccccc23)C12SCCCS2.